The maximum absolute atomic E-state index is 14.0. The van der Waals surface area contributed by atoms with Gasteiger partial charge in [0.05, 0.1) is 16.8 Å². The minimum absolute atomic E-state index is 0.0218. The number of hydrogen-bond donors (Lipinski definition) is 1. The summed E-state index contributed by atoms with van der Waals surface area (Å²) >= 11 is 0. The second-order valence-electron chi connectivity index (χ2n) is 4.77. The fourth-order valence-electron chi connectivity index (χ4n) is 2.45. The van der Waals surface area contributed by atoms with Crippen LogP contribution in [-0.2, 0) is 0 Å². The maximum Gasteiger partial charge on any atom is 0.152 e. The van der Waals surface area contributed by atoms with E-state index in [1.165, 1.54) is 12.1 Å². The number of aromatic nitrogens is 1. The molecule has 5 heteroatoms. The fraction of sp³-hybridized carbons (Fsp3) is 0.0625. The lowest BCUT2D eigenvalue weighted by atomic mass is 10.0. The first-order chi connectivity index (χ1) is 10.0. The normalized spacial score (nSPS) is 11.0. The summed E-state index contributed by atoms with van der Waals surface area (Å²) in [4.78, 5) is 14.2. The van der Waals surface area contributed by atoms with Crippen molar-refractivity contribution in [3.8, 4) is 11.3 Å². The van der Waals surface area contributed by atoms with E-state index in [-0.39, 0.29) is 22.2 Å². The highest BCUT2D eigenvalue weighted by Gasteiger charge is 2.19. The van der Waals surface area contributed by atoms with E-state index in [4.69, 9.17) is 0 Å². The van der Waals surface area contributed by atoms with E-state index in [0.29, 0.717) is 11.8 Å². The summed E-state index contributed by atoms with van der Waals surface area (Å²) < 4.78 is 40.9. The van der Waals surface area contributed by atoms with Crippen molar-refractivity contribution >= 4 is 17.2 Å². The molecule has 2 aromatic carbocycles. The second kappa shape index (κ2) is 4.77. The van der Waals surface area contributed by atoms with Crippen molar-refractivity contribution in [2.45, 2.75) is 6.92 Å². The van der Waals surface area contributed by atoms with Gasteiger partial charge in [0.2, 0.25) is 0 Å². The molecule has 2 nitrogen and oxygen atoms in total. The molecule has 106 valence electrons. The molecule has 1 N–H and O–H groups in total. The van der Waals surface area contributed by atoms with Gasteiger partial charge in [0.15, 0.2) is 6.29 Å². The minimum atomic E-state index is -0.817. The van der Waals surface area contributed by atoms with E-state index in [1.54, 1.807) is 13.0 Å². The molecule has 0 unspecified atom stereocenters. The average Bonchev–Trinajstić information content (AvgIpc) is 2.83. The Kier molecular flexibility index (Phi) is 3.05. The van der Waals surface area contributed by atoms with Gasteiger partial charge in [-0.1, -0.05) is 6.07 Å². The molecule has 0 aliphatic carbocycles. The molecule has 1 heterocycles. The van der Waals surface area contributed by atoms with E-state index in [9.17, 15) is 18.0 Å². The lowest BCUT2D eigenvalue weighted by Gasteiger charge is -2.02. The van der Waals surface area contributed by atoms with Crippen LogP contribution < -0.4 is 0 Å². The Labute approximate surface area is 118 Å². The summed E-state index contributed by atoms with van der Waals surface area (Å²) in [5.74, 6) is -2.10. The lowest BCUT2D eigenvalue weighted by molar-refractivity contribution is 0.112. The van der Waals surface area contributed by atoms with Crippen molar-refractivity contribution < 1.29 is 18.0 Å². The van der Waals surface area contributed by atoms with Crippen LogP contribution in [0.3, 0.4) is 0 Å². The molecule has 0 saturated heterocycles. The molecule has 0 atom stereocenters. The van der Waals surface area contributed by atoms with Crippen LogP contribution in [-0.4, -0.2) is 11.3 Å². The number of aldehydes is 1. The van der Waals surface area contributed by atoms with E-state index in [0.717, 1.165) is 17.7 Å². The summed E-state index contributed by atoms with van der Waals surface area (Å²) in [5, 5.41) is 0.115. The molecule has 0 fully saturated rings. The minimum Gasteiger partial charge on any atom is -0.354 e. The zero-order valence-electron chi connectivity index (χ0n) is 11.0. The zero-order valence-corrected chi connectivity index (χ0v) is 11.0. The molecule has 0 saturated carbocycles. The van der Waals surface area contributed by atoms with Crippen molar-refractivity contribution in [2.24, 2.45) is 0 Å². The van der Waals surface area contributed by atoms with E-state index in [2.05, 4.69) is 4.98 Å². The molecule has 1 aromatic heterocycles. The first kappa shape index (κ1) is 13.4. The molecular weight excluding hydrogens is 279 g/mol. The van der Waals surface area contributed by atoms with Gasteiger partial charge in [-0.3, -0.25) is 4.79 Å². The van der Waals surface area contributed by atoms with Crippen molar-refractivity contribution in [3.05, 3.63) is 58.9 Å². The number of halogens is 3. The Morgan fingerprint density at radius 2 is 1.81 bits per heavy atom. The van der Waals surface area contributed by atoms with Crippen LogP contribution in [0.4, 0.5) is 13.2 Å². The van der Waals surface area contributed by atoms with Gasteiger partial charge >= 0.3 is 0 Å². The molecule has 0 bridgehead atoms. The highest BCUT2D eigenvalue weighted by Crippen LogP contribution is 2.33. The van der Waals surface area contributed by atoms with Crippen molar-refractivity contribution in [3.63, 3.8) is 0 Å². The lowest BCUT2D eigenvalue weighted by Crippen LogP contribution is -1.90. The van der Waals surface area contributed by atoms with Gasteiger partial charge in [0.1, 0.15) is 17.5 Å². The number of nitrogens with one attached hydrogen (secondary N) is 1. The molecule has 0 radical (unpaired) electrons. The fourth-order valence-corrected chi connectivity index (χ4v) is 2.45. The monoisotopic (exact) mass is 289 g/mol. The van der Waals surface area contributed by atoms with Gasteiger partial charge in [-0.25, -0.2) is 13.2 Å². The third kappa shape index (κ3) is 2.01. The second-order valence-corrected chi connectivity index (χ2v) is 4.77. The Morgan fingerprint density at radius 3 is 2.48 bits per heavy atom. The summed E-state index contributed by atoms with van der Waals surface area (Å²) in [7, 11) is 0. The molecule has 21 heavy (non-hydrogen) atoms. The predicted molar refractivity (Wildman–Crippen MR) is 73.7 cm³/mol. The number of H-pyrrole nitrogens is 1. The molecule has 3 rings (SSSR count). The number of fused-ring (bicyclic) bond motifs is 1. The number of aromatic amines is 1. The van der Waals surface area contributed by atoms with Crippen LogP contribution in [0.15, 0.2) is 30.3 Å². The van der Waals surface area contributed by atoms with Crippen LogP contribution >= 0.6 is 0 Å². The smallest absolute Gasteiger partial charge is 0.152 e. The Hall–Kier alpha value is -2.56. The SMILES string of the molecule is Cc1ccc(F)c2c(C=O)c(-c3ccc(F)cc3F)[nH]c12. The van der Waals surface area contributed by atoms with Crippen molar-refractivity contribution in [2.75, 3.05) is 0 Å². The molecule has 0 spiro atoms. The molecule has 3 aromatic rings. The summed E-state index contributed by atoms with van der Waals surface area (Å²) in [6.45, 7) is 1.75. The standard InChI is InChI=1S/C16H10F3NO/c1-8-2-5-12(18)14-11(7-21)16(20-15(8)14)10-4-3-9(17)6-13(10)19/h2-7,20H,1H3. The van der Waals surface area contributed by atoms with E-state index in [1.807, 2.05) is 0 Å². The van der Waals surface area contributed by atoms with Gasteiger partial charge < -0.3 is 4.98 Å². The van der Waals surface area contributed by atoms with E-state index < -0.39 is 17.5 Å². The number of hydrogen-bond acceptors (Lipinski definition) is 1. The summed E-state index contributed by atoms with van der Waals surface area (Å²) in [6, 6.07) is 5.84. The first-order valence-corrected chi connectivity index (χ1v) is 6.24. The summed E-state index contributed by atoms with van der Waals surface area (Å²) in [5.41, 5.74) is 1.34. The Morgan fingerprint density at radius 1 is 1.05 bits per heavy atom. The third-order valence-corrected chi connectivity index (χ3v) is 3.47. The van der Waals surface area contributed by atoms with Gasteiger partial charge in [0, 0.05) is 17.0 Å². The van der Waals surface area contributed by atoms with Crippen LogP contribution in [0.5, 0.6) is 0 Å². The van der Waals surface area contributed by atoms with Crippen LogP contribution in [0.25, 0.3) is 22.2 Å². The number of benzene rings is 2. The van der Waals surface area contributed by atoms with Crippen molar-refractivity contribution in [1.82, 2.24) is 4.98 Å². The number of carbonyl (C=O) groups is 1. The molecular formula is C16H10F3NO. The van der Waals surface area contributed by atoms with Crippen LogP contribution in [0, 0.1) is 24.4 Å². The van der Waals surface area contributed by atoms with Crippen LogP contribution in [0.2, 0.25) is 0 Å². The zero-order chi connectivity index (χ0) is 15.1. The van der Waals surface area contributed by atoms with E-state index >= 15 is 0 Å². The molecule has 0 aliphatic rings. The number of rotatable bonds is 2. The van der Waals surface area contributed by atoms with Gasteiger partial charge in [0.25, 0.3) is 0 Å². The summed E-state index contributed by atoms with van der Waals surface area (Å²) in [6.07, 6.45) is 0.472. The van der Waals surface area contributed by atoms with Gasteiger partial charge in [-0.2, -0.15) is 0 Å². The van der Waals surface area contributed by atoms with Crippen LogP contribution in [0.1, 0.15) is 15.9 Å². The van der Waals surface area contributed by atoms with Gasteiger partial charge in [-0.15, -0.1) is 0 Å². The number of aryl methyl sites for hydroxylation is 1. The number of carbonyl (C=O) groups excluding carboxylic acids is 1. The average molecular weight is 289 g/mol. The maximum atomic E-state index is 14.0. The third-order valence-electron chi connectivity index (χ3n) is 3.47. The quantitative estimate of drug-likeness (QED) is 0.698. The van der Waals surface area contributed by atoms with Crippen molar-refractivity contribution in [1.29, 1.82) is 0 Å². The molecule has 0 amide bonds. The van der Waals surface area contributed by atoms with Gasteiger partial charge in [-0.05, 0) is 30.7 Å². The Bertz CT molecular complexity index is 868. The predicted octanol–water partition coefficient (Wildman–Crippen LogP) is 4.37. The first-order valence-electron chi connectivity index (χ1n) is 6.24. The molecule has 0 aliphatic heterocycles. The Balaban J connectivity index is 2.40. The highest BCUT2D eigenvalue weighted by molar-refractivity contribution is 6.05. The highest BCUT2D eigenvalue weighted by atomic mass is 19.1. The largest absolute Gasteiger partial charge is 0.354 e. The topological polar surface area (TPSA) is 32.9 Å².